The smallest absolute Gasteiger partial charge is 0.275 e. The van der Waals surface area contributed by atoms with Crippen molar-refractivity contribution < 1.29 is 9.66 Å². The van der Waals surface area contributed by atoms with E-state index < -0.39 is 0 Å². The van der Waals surface area contributed by atoms with Gasteiger partial charge >= 0.3 is 0 Å². The number of hydrogen-bond donors (Lipinski definition) is 1. The van der Waals surface area contributed by atoms with E-state index >= 15 is 0 Å². The van der Waals surface area contributed by atoms with Gasteiger partial charge in [0, 0.05) is 18.2 Å². The van der Waals surface area contributed by atoms with Gasteiger partial charge in [-0.1, -0.05) is 18.2 Å². The summed E-state index contributed by atoms with van der Waals surface area (Å²) in [7, 11) is 1.58. The molecule has 24 heavy (non-hydrogen) atoms. The third kappa shape index (κ3) is 2.14. The molecule has 1 aliphatic heterocycles. The third-order valence-corrected chi connectivity index (χ3v) is 4.88. The van der Waals surface area contributed by atoms with Gasteiger partial charge in [-0.2, -0.15) is 0 Å². The Morgan fingerprint density at radius 3 is 2.92 bits per heavy atom. The van der Waals surface area contributed by atoms with Crippen molar-refractivity contribution >= 4 is 11.4 Å². The lowest BCUT2D eigenvalue weighted by molar-refractivity contribution is -0.385. The van der Waals surface area contributed by atoms with Crippen molar-refractivity contribution in [3.05, 3.63) is 70.1 Å². The van der Waals surface area contributed by atoms with Crippen LogP contribution in [0.15, 0.2) is 48.7 Å². The largest absolute Gasteiger partial charge is 0.495 e. The zero-order valence-electron chi connectivity index (χ0n) is 13.2. The van der Waals surface area contributed by atoms with Crippen LogP contribution in [0.2, 0.25) is 0 Å². The molecule has 0 saturated heterocycles. The van der Waals surface area contributed by atoms with Crippen molar-refractivity contribution in [2.45, 2.75) is 18.4 Å². The van der Waals surface area contributed by atoms with Gasteiger partial charge in [0.1, 0.15) is 5.75 Å². The number of pyridine rings is 1. The molecular formula is C18H17N3O3. The van der Waals surface area contributed by atoms with Gasteiger partial charge in [-0.05, 0) is 30.5 Å². The number of benzene rings is 1. The van der Waals surface area contributed by atoms with Crippen molar-refractivity contribution in [1.82, 2.24) is 4.98 Å². The molecule has 2 aromatic rings. The number of aromatic nitrogens is 1. The molecule has 2 aliphatic rings. The zero-order valence-corrected chi connectivity index (χ0v) is 13.2. The number of allylic oxidation sites excluding steroid dienone is 2. The van der Waals surface area contributed by atoms with Gasteiger partial charge in [0.25, 0.3) is 5.69 Å². The summed E-state index contributed by atoms with van der Waals surface area (Å²) in [6, 6.07) is 9.01. The maximum absolute atomic E-state index is 11.5. The van der Waals surface area contributed by atoms with Crippen LogP contribution in [0.5, 0.6) is 5.75 Å². The van der Waals surface area contributed by atoms with E-state index in [1.807, 2.05) is 18.2 Å². The number of nitro groups is 1. The van der Waals surface area contributed by atoms with Crippen LogP contribution >= 0.6 is 0 Å². The fraction of sp³-hybridized carbons (Fsp3) is 0.278. The van der Waals surface area contributed by atoms with E-state index in [9.17, 15) is 10.1 Å². The summed E-state index contributed by atoms with van der Waals surface area (Å²) in [6.07, 6.45) is 6.82. The van der Waals surface area contributed by atoms with E-state index in [1.165, 1.54) is 6.07 Å². The standard InChI is InChI=1S/C18H17N3O3/c1-24-15-9-8-14(21(22)23)16-11-5-4-6-12(11)17(20-18(15)16)13-7-2-3-10-19-13/h2-5,7-12,17,20H,6H2,1H3/t11-,12-,17+/m1/s1. The van der Waals surface area contributed by atoms with Crippen LogP contribution in [-0.4, -0.2) is 17.0 Å². The number of anilines is 1. The summed E-state index contributed by atoms with van der Waals surface area (Å²) in [6.45, 7) is 0. The van der Waals surface area contributed by atoms with Gasteiger partial charge in [0.15, 0.2) is 0 Å². The first-order valence-electron chi connectivity index (χ1n) is 7.90. The predicted molar refractivity (Wildman–Crippen MR) is 90.2 cm³/mol. The fourth-order valence-corrected chi connectivity index (χ4v) is 3.85. The molecular weight excluding hydrogens is 306 g/mol. The van der Waals surface area contributed by atoms with Gasteiger partial charge in [-0.25, -0.2) is 0 Å². The normalized spacial score (nSPS) is 24.0. The van der Waals surface area contributed by atoms with Gasteiger partial charge in [0.2, 0.25) is 0 Å². The van der Waals surface area contributed by atoms with E-state index in [1.54, 1.807) is 19.4 Å². The van der Waals surface area contributed by atoms with Crippen molar-refractivity contribution in [2.75, 3.05) is 12.4 Å². The molecule has 0 spiro atoms. The number of ether oxygens (including phenoxy) is 1. The van der Waals surface area contributed by atoms with E-state index in [0.717, 1.165) is 12.1 Å². The summed E-state index contributed by atoms with van der Waals surface area (Å²) in [5, 5.41) is 15.0. The number of nitrogens with one attached hydrogen (secondary N) is 1. The lowest BCUT2D eigenvalue weighted by Gasteiger charge is -2.37. The van der Waals surface area contributed by atoms with Crippen LogP contribution in [0.4, 0.5) is 11.4 Å². The van der Waals surface area contributed by atoms with Crippen LogP contribution in [0.25, 0.3) is 0 Å². The quantitative estimate of drug-likeness (QED) is 0.528. The topological polar surface area (TPSA) is 77.3 Å². The summed E-state index contributed by atoms with van der Waals surface area (Å²) in [4.78, 5) is 15.7. The van der Waals surface area contributed by atoms with Gasteiger partial charge < -0.3 is 10.1 Å². The molecule has 1 N–H and O–H groups in total. The molecule has 0 bridgehead atoms. The molecule has 0 unspecified atom stereocenters. The van der Waals surface area contributed by atoms with E-state index in [0.29, 0.717) is 17.0 Å². The summed E-state index contributed by atoms with van der Waals surface area (Å²) >= 11 is 0. The third-order valence-electron chi connectivity index (χ3n) is 4.88. The Hall–Kier alpha value is -2.89. The number of rotatable bonds is 3. The second kappa shape index (κ2) is 5.63. The van der Waals surface area contributed by atoms with E-state index in [2.05, 4.69) is 22.5 Å². The molecule has 3 atom stereocenters. The van der Waals surface area contributed by atoms with Crippen LogP contribution in [0, 0.1) is 16.0 Å². The highest BCUT2D eigenvalue weighted by molar-refractivity contribution is 5.73. The average molecular weight is 323 g/mol. The first-order valence-corrected chi connectivity index (χ1v) is 7.90. The van der Waals surface area contributed by atoms with Crippen LogP contribution < -0.4 is 10.1 Å². The molecule has 4 rings (SSSR count). The van der Waals surface area contributed by atoms with Crippen LogP contribution in [-0.2, 0) is 0 Å². The Morgan fingerprint density at radius 2 is 2.21 bits per heavy atom. The van der Waals surface area contributed by atoms with Crippen molar-refractivity contribution in [2.24, 2.45) is 5.92 Å². The van der Waals surface area contributed by atoms with Crippen molar-refractivity contribution in [3.8, 4) is 5.75 Å². The number of nitro benzene ring substituents is 1. The number of nitrogens with zero attached hydrogens (tertiary/aromatic N) is 2. The highest BCUT2D eigenvalue weighted by Gasteiger charge is 2.43. The highest BCUT2D eigenvalue weighted by atomic mass is 16.6. The Bertz CT molecular complexity index is 820. The maximum atomic E-state index is 11.5. The Labute approximate surface area is 139 Å². The molecule has 0 amide bonds. The lowest BCUT2D eigenvalue weighted by Crippen LogP contribution is -2.30. The molecule has 0 saturated carbocycles. The van der Waals surface area contributed by atoms with Crippen molar-refractivity contribution in [3.63, 3.8) is 0 Å². The average Bonchev–Trinajstić information content (AvgIpc) is 3.10. The molecule has 0 fully saturated rings. The van der Waals surface area contributed by atoms with Gasteiger partial charge in [0.05, 0.1) is 35.0 Å². The Balaban J connectivity index is 1.90. The zero-order chi connectivity index (χ0) is 16.7. The van der Waals surface area contributed by atoms with E-state index in [-0.39, 0.29) is 28.5 Å². The second-order valence-corrected chi connectivity index (χ2v) is 6.06. The minimum Gasteiger partial charge on any atom is -0.495 e. The van der Waals surface area contributed by atoms with Gasteiger partial charge in [-0.3, -0.25) is 15.1 Å². The Kier molecular flexibility index (Phi) is 3.45. The second-order valence-electron chi connectivity index (χ2n) is 6.06. The van der Waals surface area contributed by atoms with Crippen LogP contribution in [0.1, 0.15) is 29.6 Å². The molecule has 6 nitrogen and oxygen atoms in total. The summed E-state index contributed by atoms with van der Waals surface area (Å²) in [5.74, 6) is 0.817. The summed E-state index contributed by atoms with van der Waals surface area (Å²) in [5.41, 5.74) is 2.50. The molecule has 0 radical (unpaired) electrons. The first-order chi connectivity index (χ1) is 11.7. The summed E-state index contributed by atoms with van der Waals surface area (Å²) < 4.78 is 5.45. The van der Waals surface area contributed by atoms with Gasteiger partial charge in [-0.15, -0.1) is 0 Å². The van der Waals surface area contributed by atoms with E-state index in [4.69, 9.17) is 4.74 Å². The minimum atomic E-state index is -0.315. The maximum Gasteiger partial charge on any atom is 0.275 e. The highest BCUT2D eigenvalue weighted by Crippen LogP contribution is 2.54. The molecule has 6 heteroatoms. The molecule has 1 aromatic heterocycles. The lowest BCUT2D eigenvalue weighted by atomic mass is 9.77. The van der Waals surface area contributed by atoms with Crippen molar-refractivity contribution in [1.29, 1.82) is 0 Å². The number of hydrogen-bond acceptors (Lipinski definition) is 5. The predicted octanol–water partition coefficient (Wildman–Crippen LogP) is 3.82. The molecule has 1 aromatic carbocycles. The minimum absolute atomic E-state index is 0.00500. The SMILES string of the molecule is COc1ccc([N+](=O)[O-])c2c1N[C@H](c1ccccn1)[C@@H]1CC=C[C@@H]21. The van der Waals surface area contributed by atoms with Crippen LogP contribution in [0.3, 0.4) is 0 Å². The molecule has 2 heterocycles. The number of methoxy groups -OCH3 is 1. The number of fused-ring (bicyclic) bond motifs is 3. The Morgan fingerprint density at radius 1 is 1.33 bits per heavy atom. The monoisotopic (exact) mass is 323 g/mol. The molecule has 1 aliphatic carbocycles. The fourth-order valence-electron chi connectivity index (χ4n) is 3.85. The first kappa shape index (κ1) is 14.7. The molecule has 122 valence electrons.